The van der Waals surface area contributed by atoms with E-state index in [0.717, 1.165) is 4.70 Å². The molecule has 0 aliphatic carbocycles. The highest BCUT2D eigenvalue weighted by molar-refractivity contribution is 7.13. The minimum atomic E-state index is 0.383. The van der Waals surface area contributed by atoms with Gasteiger partial charge in [-0.15, -0.1) is 5.10 Å². The molecule has 1 aromatic heterocycles. The molecule has 0 saturated heterocycles. The standard InChI is InChI=1S/C7H4N2O2S/c10-4-11-5-2-1-3-6-7(5)8-9-12-6/h1-4H. The molecule has 0 saturated carbocycles. The molecule has 2 aromatic rings. The topological polar surface area (TPSA) is 52.1 Å². The van der Waals surface area contributed by atoms with Crippen LogP contribution < -0.4 is 4.74 Å². The Balaban J connectivity index is 2.65. The number of fused-ring (bicyclic) bond motifs is 1. The van der Waals surface area contributed by atoms with E-state index in [1.807, 2.05) is 6.07 Å². The monoisotopic (exact) mass is 180 g/mol. The lowest BCUT2D eigenvalue weighted by atomic mass is 10.3. The zero-order chi connectivity index (χ0) is 8.39. The van der Waals surface area contributed by atoms with Gasteiger partial charge in [0.2, 0.25) is 0 Å². The molecule has 0 radical (unpaired) electrons. The molecule has 0 atom stereocenters. The second-order valence-corrected chi connectivity index (χ2v) is 2.88. The molecular formula is C7H4N2O2S. The largest absolute Gasteiger partial charge is 0.426 e. The van der Waals surface area contributed by atoms with Gasteiger partial charge in [0, 0.05) is 0 Å². The molecule has 0 bridgehead atoms. The smallest absolute Gasteiger partial charge is 0.298 e. The summed E-state index contributed by atoms with van der Waals surface area (Å²) in [7, 11) is 0. The van der Waals surface area contributed by atoms with Crippen molar-refractivity contribution in [2.24, 2.45) is 0 Å². The highest BCUT2D eigenvalue weighted by Gasteiger charge is 2.04. The third-order valence-corrected chi connectivity index (χ3v) is 2.11. The van der Waals surface area contributed by atoms with Gasteiger partial charge in [0.25, 0.3) is 6.47 Å². The Morgan fingerprint density at radius 3 is 3.25 bits per heavy atom. The van der Waals surface area contributed by atoms with Crippen molar-refractivity contribution >= 4 is 28.2 Å². The van der Waals surface area contributed by atoms with E-state index in [1.54, 1.807) is 12.1 Å². The predicted molar refractivity (Wildman–Crippen MR) is 44.1 cm³/mol. The Morgan fingerprint density at radius 2 is 2.42 bits per heavy atom. The average Bonchev–Trinajstić information content (AvgIpc) is 2.53. The molecule has 4 nitrogen and oxygen atoms in total. The van der Waals surface area contributed by atoms with Gasteiger partial charge < -0.3 is 4.74 Å². The van der Waals surface area contributed by atoms with Crippen molar-refractivity contribution < 1.29 is 9.53 Å². The van der Waals surface area contributed by atoms with E-state index in [4.69, 9.17) is 4.74 Å². The van der Waals surface area contributed by atoms with Crippen LogP contribution >= 0.6 is 11.5 Å². The number of ether oxygens (including phenoxy) is 1. The molecule has 12 heavy (non-hydrogen) atoms. The van der Waals surface area contributed by atoms with Crippen molar-refractivity contribution in [3.8, 4) is 5.75 Å². The van der Waals surface area contributed by atoms with Crippen molar-refractivity contribution in [3.63, 3.8) is 0 Å². The van der Waals surface area contributed by atoms with E-state index in [0.29, 0.717) is 17.7 Å². The lowest BCUT2D eigenvalue weighted by Gasteiger charge is -1.95. The summed E-state index contributed by atoms with van der Waals surface area (Å²) in [5.74, 6) is 0.455. The maximum absolute atomic E-state index is 10.1. The fourth-order valence-corrected chi connectivity index (χ4v) is 1.50. The van der Waals surface area contributed by atoms with Crippen LogP contribution in [0.15, 0.2) is 18.2 Å². The van der Waals surface area contributed by atoms with E-state index in [1.165, 1.54) is 11.5 Å². The zero-order valence-corrected chi connectivity index (χ0v) is 6.75. The summed E-state index contributed by atoms with van der Waals surface area (Å²) in [6.45, 7) is 0.383. The Kier molecular flexibility index (Phi) is 1.71. The second-order valence-electron chi connectivity index (χ2n) is 2.09. The van der Waals surface area contributed by atoms with Crippen LogP contribution in [0.1, 0.15) is 0 Å². The summed E-state index contributed by atoms with van der Waals surface area (Å²) in [5.41, 5.74) is 0.634. The van der Waals surface area contributed by atoms with E-state index in [9.17, 15) is 4.79 Å². The van der Waals surface area contributed by atoms with Gasteiger partial charge in [0.1, 0.15) is 5.52 Å². The summed E-state index contributed by atoms with van der Waals surface area (Å²) >= 11 is 1.27. The molecular weight excluding hydrogens is 176 g/mol. The molecule has 0 fully saturated rings. The predicted octanol–water partition coefficient (Wildman–Crippen LogP) is 1.23. The Morgan fingerprint density at radius 1 is 1.50 bits per heavy atom. The van der Waals surface area contributed by atoms with Crippen LogP contribution in [0.5, 0.6) is 5.75 Å². The number of benzene rings is 1. The highest BCUT2D eigenvalue weighted by Crippen LogP contribution is 2.24. The van der Waals surface area contributed by atoms with Gasteiger partial charge in [-0.3, -0.25) is 4.79 Å². The Labute approximate surface area is 71.9 Å². The van der Waals surface area contributed by atoms with Gasteiger partial charge >= 0.3 is 0 Å². The summed E-state index contributed by atoms with van der Waals surface area (Å²) < 4.78 is 9.35. The normalized spacial score (nSPS) is 10.0. The number of rotatable bonds is 2. The van der Waals surface area contributed by atoms with Gasteiger partial charge in [0.05, 0.1) is 4.70 Å². The van der Waals surface area contributed by atoms with E-state index in [-0.39, 0.29) is 0 Å². The average molecular weight is 180 g/mol. The second kappa shape index (κ2) is 2.86. The maximum atomic E-state index is 10.1. The van der Waals surface area contributed by atoms with Crippen LogP contribution in [0, 0.1) is 0 Å². The molecule has 5 heteroatoms. The quantitative estimate of drug-likeness (QED) is 0.652. The van der Waals surface area contributed by atoms with Crippen LogP contribution in [0.3, 0.4) is 0 Å². The third kappa shape index (κ3) is 1.04. The number of nitrogens with zero attached hydrogens (tertiary/aromatic N) is 2. The van der Waals surface area contributed by atoms with Crippen molar-refractivity contribution in [2.45, 2.75) is 0 Å². The van der Waals surface area contributed by atoms with E-state index >= 15 is 0 Å². The minimum absolute atomic E-state index is 0.383. The minimum Gasteiger partial charge on any atom is -0.426 e. The first-order valence-corrected chi connectivity index (χ1v) is 4.00. The van der Waals surface area contributed by atoms with Crippen molar-refractivity contribution in [2.75, 3.05) is 0 Å². The maximum Gasteiger partial charge on any atom is 0.298 e. The van der Waals surface area contributed by atoms with Gasteiger partial charge in [-0.25, -0.2) is 0 Å². The summed E-state index contributed by atoms with van der Waals surface area (Å²) in [6, 6.07) is 5.34. The van der Waals surface area contributed by atoms with Crippen LogP contribution in [-0.2, 0) is 4.79 Å². The molecule has 2 rings (SSSR count). The van der Waals surface area contributed by atoms with Gasteiger partial charge in [-0.1, -0.05) is 10.6 Å². The fourth-order valence-electron chi connectivity index (χ4n) is 0.927. The van der Waals surface area contributed by atoms with Crippen LogP contribution in [0.2, 0.25) is 0 Å². The summed E-state index contributed by atoms with van der Waals surface area (Å²) in [5, 5.41) is 3.82. The molecule has 0 amide bonds. The zero-order valence-electron chi connectivity index (χ0n) is 5.93. The first-order valence-electron chi connectivity index (χ1n) is 3.23. The van der Waals surface area contributed by atoms with Gasteiger partial charge in [-0.2, -0.15) is 0 Å². The summed E-state index contributed by atoms with van der Waals surface area (Å²) in [6.07, 6.45) is 0. The SMILES string of the molecule is O=COc1cccc2snnc12. The molecule has 0 spiro atoms. The van der Waals surface area contributed by atoms with Crippen LogP contribution in [0.4, 0.5) is 0 Å². The van der Waals surface area contributed by atoms with Crippen molar-refractivity contribution in [1.82, 2.24) is 9.59 Å². The molecule has 0 unspecified atom stereocenters. The molecule has 60 valence electrons. The molecule has 0 N–H and O–H groups in total. The van der Waals surface area contributed by atoms with Crippen molar-refractivity contribution in [3.05, 3.63) is 18.2 Å². The molecule has 0 aliphatic heterocycles. The van der Waals surface area contributed by atoms with E-state index < -0.39 is 0 Å². The van der Waals surface area contributed by atoms with Gasteiger partial charge in [-0.05, 0) is 23.7 Å². The lowest BCUT2D eigenvalue weighted by molar-refractivity contribution is -0.120. The van der Waals surface area contributed by atoms with Crippen molar-refractivity contribution in [1.29, 1.82) is 0 Å². The number of hydrogen-bond donors (Lipinski definition) is 0. The third-order valence-electron chi connectivity index (χ3n) is 1.42. The number of carbonyl (C=O) groups is 1. The van der Waals surface area contributed by atoms with Crippen LogP contribution in [-0.4, -0.2) is 16.1 Å². The Bertz CT molecular complexity index is 412. The fraction of sp³-hybridized carbons (Fsp3) is 0. The van der Waals surface area contributed by atoms with E-state index in [2.05, 4.69) is 9.59 Å². The lowest BCUT2D eigenvalue weighted by Crippen LogP contribution is -1.88. The summed E-state index contributed by atoms with van der Waals surface area (Å²) in [4.78, 5) is 10.1. The van der Waals surface area contributed by atoms with Gasteiger partial charge in [0.15, 0.2) is 5.75 Å². The molecule has 1 aromatic carbocycles. The first kappa shape index (κ1) is 7.17. The number of carbonyl (C=O) groups excluding carboxylic acids is 1. The molecule has 1 heterocycles. The number of aromatic nitrogens is 2. The first-order chi connectivity index (χ1) is 5.92. The number of hydrogen-bond acceptors (Lipinski definition) is 5. The Hall–Kier alpha value is -1.49. The highest BCUT2D eigenvalue weighted by atomic mass is 32.1. The molecule has 0 aliphatic rings. The van der Waals surface area contributed by atoms with Crippen LogP contribution in [0.25, 0.3) is 10.2 Å².